The summed E-state index contributed by atoms with van der Waals surface area (Å²) in [5, 5.41) is 3.19. The standard InChI is InChI=1S/C15H31N3O2S/c1-5-13(6-2)14-8-10-18(12-14)15(16-4)17-9-11-21(19,20)7-3/h13-14H,5-12H2,1-4H3,(H,16,17). The molecule has 1 saturated heterocycles. The van der Waals surface area contributed by atoms with E-state index < -0.39 is 9.84 Å². The predicted octanol–water partition coefficient (Wildman–Crippen LogP) is 1.75. The minimum absolute atomic E-state index is 0.173. The molecule has 21 heavy (non-hydrogen) atoms. The van der Waals surface area contributed by atoms with Gasteiger partial charge in [0.05, 0.1) is 5.75 Å². The molecular formula is C15H31N3O2S. The molecule has 0 aliphatic carbocycles. The van der Waals surface area contributed by atoms with Gasteiger partial charge in [0.2, 0.25) is 0 Å². The van der Waals surface area contributed by atoms with Crippen LogP contribution in [-0.4, -0.2) is 57.5 Å². The van der Waals surface area contributed by atoms with Crippen LogP contribution in [0.2, 0.25) is 0 Å². The first kappa shape index (κ1) is 18.3. The molecule has 1 N–H and O–H groups in total. The van der Waals surface area contributed by atoms with Gasteiger partial charge in [0.25, 0.3) is 0 Å². The molecule has 0 aromatic rings. The zero-order chi connectivity index (χ0) is 15.9. The van der Waals surface area contributed by atoms with Crippen LogP contribution in [0.1, 0.15) is 40.0 Å². The molecule has 1 unspecified atom stereocenters. The fraction of sp³-hybridized carbons (Fsp3) is 0.933. The number of likely N-dealkylation sites (tertiary alicyclic amines) is 1. The minimum Gasteiger partial charge on any atom is -0.355 e. The Balaban J connectivity index is 2.48. The van der Waals surface area contributed by atoms with Gasteiger partial charge < -0.3 is 10.2 Å². The maximum Gasteiger partial charge on any atom is 0.193 e. The third-order valence-corrected chi connectivity index (χ3v) is 6.29. The Morgan fingerprint density at radius 2 is 2.00 bits per heavy atom. The molecule has 1 aliphatic rings. The van der Waals surface area contributed by atoms with Gasteiger partial charge in [0.1, 0.15) is 0 Å². The number of sulfone groups is 1. The monoisotopic (exact) mass is 317 g/mol. The zero-order valence-electron chi connectivity index (χ0n) is 13.9. The Morgan fingerprint density at radius 1 is 1.33 bits per heavy atom. The summed E-state index contributed by atoms with van der Waals surface area (Å²) in [4.78, 5) is 6.56. The van der Waals surface area contributed by atoms with E-state index in [0.717, 1.165) is 30.9 Å². The van der Waals surface area contributed by atoms with Gasteiger partial charge in [-0.15, -0.1) is 0 Å². The number of guanidine groups is 1. The van der Waals surface area contributed by atoms with Gasteiger partial charge in [0, 0.05) is 32.4 Å². The number of hydrogen-bond donors (Lipinski definition) is 1. The van der Waals surface area contributed by atoms with Crippen molar-refractivity contribution in [3.05, 3.63) is 0 Å². The van der Waals surface area contributed by atoms with Crippen molar-refractivity contribution in [2.75, 3.05) is 38.2 Å². The number of nitrogens with zero attached hydrogens (tertiary/aromatic N) is 2. The third-order valence-electron chi connectivity index (χ3n) is 4.59. The van der Waals surface area contributed by atoms with E-state index in [4.69, 9.17) is 0 Å². The molecule has 0 spiro atoms. The van der Waals surface area contributed by atoms with Crippen molar-refractivity contribution in [2.45, 2.75) is 40.0 Å². The molecular weight excluding hydrogens is 286 g/mol. The van der Waals surface area contributed by atoms with Gasteiger partial charge in [0.15, 0.2) is 15.8 Å². The van der Waals surface area contributed by atoms with E-state index in [1.807, 2.05) is 0 Å². The highest BCUT2D eigenvalue weighted by molar-refractivity contribution is 7.91. The molecule has 0 saturated carbocycles. The lowest BCUT2D eigenvalue weighted by Gasteiger charge is -2.24. The quantitative estimate of drug-likeness (QED) is 0.574. The van der Waals surface area contributed by atoms with E-state index in [-0.39, 0.29) is 11.5 Å². The maximum absolute atomic E-state index is 11.5. The highest BCUT2D eigenvalue weighted by Gasteiger charge is 2.29. The molecule has 0 radical (unpaired) electrons. The summed E-state index contributed by atoms with van der Waals surface area (Å²) in [6, 6.07) is 0. The van der Waals surface area contributed by atoms with Gasteiger partial charge in [-0.25, -0.2) is 8.42 Å². The smallest absolute Gasteiger partial charge is 0.193 e. The van der Waals surface area contributed by atoms with E-state index in [1.54, 1.807) is 14.0 Å². The summed E-state index contributed by atoms with van der Waals surface area (Å²) in [7, 11) is -1.15. The van der Waals surface area contributed by atoms with E-state index >= 15 is 0 Å². The second-order valence-electron chi connectivity index (χ2n) is 5.78. The summed E-state index contributed by atoms with van der Waals surface area (Å²) in [6.07, 6.45) is 3.67. The second-order valence-corrected chi connectivity index (χ2v) is 8.25. The predicted molar refractivity (Wildman–Crippen MR) is 89.4 cm³/mol. The van der Waals surface area contributed by atoms with Gasteiger partial charge in [-0.05, 0) is 18.3 Å². The summed E-state index contributed by atoms with van der Waals surface area (Å²) < 4.78 is 23.0. The molecule has 1 rings (SSSR count). The molecule has 124 valence electrons. The first-order valence-electron chi connectivity index (χ1n) is 8.13. The van der Waals surface area contributed by atoms with Crippen LogP contribution in [0.5, 0.6) is 0 Å². The second kappa shape index (κ2) is 8.61. The Hall–Kier alpha value is -0.780. The maximum atomic E-state index is 11.5. The van der Waals surface area contributed by atoms with Gasteiger partial charge >= 0.3 is 0 Å². The average molecular weight is 317 g/mol. The highest BCUT2D eigenvalue weighted by atomic mass is 32.2. The summed E-state index contributed by atoms with van der Waals surface area (Å²) in [6.45, 7) is 8.70. The van der Waals surface area contributed by atoms with E-state index in [2.05, 4.69) is 29.1 Å². The molecule has 0 bridgehead atoms. The van der Waals surface area contributed by atoms with Crippen molar-refractivity contribution in [1.29, 1.82) is 0 Å². The third kappa shape index (κ3) is 5.49. The minimum atomic E-state index is -2.92. The van der Waals surface area contributed by atoms with Crippen LogP contribution >= 0.6 is 0 Å². The molecule has 0 amide bonds. The van der Waals surface area contributed by atoms with Gasteiger partial charge in [-0.2, -0.15) is 0 Å². The largest absolute Gasteiger partial charge is 0.355 e. The number of rotatable bonds is 7. The van der Waals surface area contributed by atoms with E-state index in [9.17, 15) is 8.42 Å². The molecule has 5 nitrogen and oxygen atoms in total. The zero-order valence-corrected chi connectivity index (χ0v) is 14.7. The Labute approximate surface area is 130 Å². The van der Waals surface area contributed by atoms with Crippen molar-refractivity contribution < 1.29 is 8.42 Å². The van der Waals surface area contributed by atoms with Crippen molar-refractivity contribution in [3.63, 3.8) is 0 Å². The van der Waals surface area contributed by atoms with Crippen LogP contribution in [0.15, 0.2) is 4.99 Å². The SMILES string of the molecule is CCC(CC)C1CCN(C(=NC)NCCS(=O)(=O)CC)C1. The Morgan fingerprint density at radius 3 is 2.52 bits per heavy atom. The van der Waals surface area contributed by atoms with Crippen LogP contribution in [0, 0.1) is 11.8 Å². The first-order valence-corrected chi connectivity index (χ1v) is 9.95. The van der Waals surface area contributed by atoms with Crippen LogP contribution in [0.4, 0.5) is 0 Å². The van der Waals surface area contributed by atoms with Crippen LogP contribution in [-0.2, 0) is 9.84 Å². The van der Waals surface area contributed by atoms with Crippen molar-refractivity contribution in [2.24, 2.45) is 16.8 Å². The Kier molecular flexibility index (Phi) is 7.49. The molecule has 0 aromatic carbocycles. The lowest BCUT2D eigenvalue weighted by Crippen LogP contribution is -2.42. The summed E-state index contributed by atoms with van der Waals surface area (Å²) in [5.74, 6) is 2.74. The van der Waals surface area contributed by atoms with Crippen molar-refractivity contribution in [1.82, 2.24) is 10.2 Å². The highest BCUT2D eigenvalue weighted by Crippen LogP contribution is 2.28. The molecule has 1 atom stereocenters. The van der Waals surface area contributed by atoms with Crippen molar-refractivity contribution in [3.8, 4) is 0 Å². The summed E-state index contributed by atoms with van der Waals surface area (Å²) >= 11 is 0. The van der Waals surface area contributed by atoms with Gasteiger partial charge in [-0.3, -0.25) is 4.99 Å². The lowest BCUT2D eigenvalue weighted by atomic mass is 9.87. The van der Waals surface area contributed by atoms with E-state index in [1.165, 1.54) is 19.3 Å². The number of aliphatic imine (C=N–C) groups is 1. The summed E-state index contributed by atoms with van der Waals surface area (Å²) in [5.41, 5.74) is 0. The average Bonchev–Trinajstić information content (AvgIpc) is 2.94. The lowest BCUT2D eigenvalue weighted by molar-refractivity contribution is 0.319. The van der Waals surface area contributed by atoms with E-state index in [0.29, 0.717) is 6.54 Å². The molecule has 1 aliphatic heterocycles. The fourth-order valence-electron chi connectivity index (χ4n) is 3.11. The van der Waals surface area contributed by atoms with Crippen LogP contribution < -0.4 is 5.32 Å². The first-order chi connectivity index (χ1) is 9.97. The van der Waals surface area contributed by atoms with Crippen LogP contribution in [0.3, 0.4) is 0 Å². The fourth-order valence-corrected chi connectivity index (χ4v) is 3.82. The Bertz CT molecular complexity index is 430. The number of hydrogen-bond acceptors (Lipinski definition) is 3. The molecule has 6 heteroatoms. The van der Waals surface area contributed by atoms with Crippen LogP contribution in [0.25, 0.3) is 0 Å². The molecule has 1 fully saturated rings. The van der Waals surface area contributed by atoms with Gasteiger partial charge in [-0.1, -0.05) is 33.6 Å². The topological polar surface area (TPSA) is 61.8 Å². The van der Waals surface area contributed by atoms with Crippen molar-refractivity contribution >= 4 is 15.8 Å². The normalized spacial score (nSPS) is 20.3. The number of nitrogens with one attached hydrogen (secondary N) is 1. The molecule has 1 heterocycles. The molecule has 0 aromatic heterocycles.